The van der Waals surface area contributed by atoms with E-state index in [9.17, 15) is 4.79 Å². The Balaban J connectivity index is 2.27. The molecule has 0 spiro atoms. The number of aromatic nitrogens is 2. The highest BCUT2D eigenvalue weighted by molar-refractivity contribution is 9.10. The first-order chi connectivity index (χ1) is 11.1. The van der Waals surface area contributed by atoms with Crippen LogP contribution < -0.4 is 0 Å². The highest BCUT2D eigenvalue weighted by Crippen LogP contribution is 2.36. The summed E-state index contributed by atoms with van der Waals surface area (Å²) in [6, 6.07) is 5.68. The molecule has 1 heterocycles. The Morgan fingerprint density at radius 1 is 1.33 bits per heavy atom. The molecule has 0 saturated heterocycles. The molecule has 0 fully saturated rings. The van der Waals surface area contributed by atoms with Crippen molar-refractivity contribution in [2.24, 2.45) is 0 Å². The minimum atomic E-state index is -1.82. The van der Waals surface area contributed by atoms with Gasteiger partial charge in [-0.15, -0.1) is 0 Å². The van der Waals surface area contributed by atoms with Crippen molar-refractivity contribution in [1.82, 2.24) is 9.78 Å². The number of ether oxygens (including phenoxy) is 1. The number of halogens is 1. The molecule has 7 heteroatoms. The van der Waals surface area contributed by atoms with Crippen molar-refractivity contribution in [3.63, 3.8) is 0 Å². The summed E-state index contributed by atoms with van der Waals surface area (Å²) in [6.07, 6.45) is 0. The molecule has 0 aliphatic rings. The molecular formula is C17H25BrN2O3Si. The maximum absolute atomic E-state index is 12.2. The molecule has 5 nitrogen and oxygen atoms in total. The summed E-state index contributed by atoms with van der Waals surface area (Å²) in [4.78, 5) is 12.2. The molecule has 0 saturated carbocycles. The van der Waals surface area contributed by atoms with Crippen LogP contribution in [0, 0.1) is 0 Å². The fourth-order valence-corrected chi connectivity index (χ4v) is 3.58. The number of carbonyl (C=O) groups is 1. The third-order valence-electron chi connectivity index (χ3n) is 4.65. The number of hydrogen-bond acceptors (Lipinski definition) is 4. The van der Waals surface area contributed by atoms with Gasteiger partial charge in [0, 0.05) is 9.86 Å². The van der Waals surface area contributed by atoms with Crippen LogP contribution in [0.5, 0.6) is 0 Å². The maximum Gasteiger partial charge on any atom is 0.356 e. The third kappa shape index (κ3) is 3.89. The number of benzene rings is 1. The van der Waals surface area contributed by atoms with Crippen molar-refractivity contribution in [2.75, 3.05) is 13.7 Å². The Labute approximate surface area is 152 Å². The molecule has 0 unspecified atom stereocenters. The molecular weight excluding hydrogens is 388 g/mol. The number of esters is 1. The Kier molecular flexibility index (Phi) is 5.56. The number of methoxy groups -OCH3 is 1. The van der Waals surface area contributed by atoms with E-state index in [0.717, 1.165) is 15.4 Å². The molecule has 24 heavy (non-hydrogen) atoms. The van der Waals surface area contributed by atoms with Gasteiger partial charge in [0.05, 0.1) is 25.8 Å². The van der Waals surface area contributed by atoms with E-state index in [0.29, 0.717) is 18.8 Å². The normalized spacial score (nSPS) is 12.6. The smallest absolute Gasteiger partial charge is 0.356 e. The van der Waals surface area contributed by atoms with Crippen molar-refractivity contribution < 1.29 is 14.0 Å². The summed E-state index contributed by atoms with van der Waals surface area (Å²) >= 11 is 3.44. The molecule has 0 amide bonds. The van der Waals surface area contributed by atoms with Gasteiger partial charge in [0.1, 0.15) is 0 Å². The van der Waals surface area contributed by atoms with Gasteiger partial charge in [-0.3, -0.25) is 4.68 Å². The zero-order chi connectivity index (χ0) is 18.1. The van der Waals surface area contributed by atoms with E-state index in [1.807, 2.05) is 18.2 Å². The van der Waals surface area contributed by atoms with Gasteiger partial charge < -0.3 is 9.16 Å². The minimum absolute atomic E-state index is 0.151. The number of fused-ring (bicyclic) bond motifs is 1. The molecule has 2 rings (SSSR count). The van der Waals surface area contributed by atoms with Gasteiger partial charge in [0.2, 0.25) is 0 Å². The lowest BCUT2D eigenvalue weighted by atomic mass is 10.2. The van der Waals surface area contributed by atoms with Crippen LogP contribution in [0.4, 0.5) is 0 Å². The van der Waals surface area contributed by atoms with Crippen molar-refractivity contribution in [2.45, 2.75) is 45.4 Å². The first-order valence-corrected chi connectivity index (χ1v) is 11.7. The number of carbonyl (C=O) groups excluding carboxylic acids is 1. The van der Waals surface area contributed by atoms with Crippen LogP contribution >= 0.6 is 15.9 Å². The van der Waals surface area contributed by atoms with Crippen LogP contribution in [0.25, 0.3) is 10.9 Å². The number of hydrogen-bond donors (Lipinski definition) is 0. The Morgan fingerprint density at radius 3 is 2.58 bits per heavy atom. The lowest BCUT2D eigenvalue weighted by Gasteiger charge is -2.36. The molecule has 0 aliphatic carbocycles. The Morgan fingerprint density at radius 2 is 2.00 bits per heavy atom. The summed E-state index contributed by atoms with van der Waals surface area (Å²) < 4.78 is 13.7. The van der Waals surface area contributed by atoms with Gasteiger partial charge in [-0.05, 0) is 36.3 Å². The van der Waals surface area contributed by atoms with Crippen molar-refractivity contribution in [1.29, 1.82) is 0 Å². The quantitative estimate of drug-likeness (QED) is 0.531. The van der Waals surface area contributed by atoms with Gasteiger partial charge in [-0.2, -0.15) is 5.10 Å². The number of rotatable bonds is 5. The summed E-state index contributed by atoms with van der Waals surface area (Å²) in [5, 5.41) is 5.47. The summed E-state index contributed by atoms with van der Waals surface area (Å²) in [7, 11) is -0.440. The van der Waals surface area contributed by atoms with E-state index in [-0.39, 0.29) is 11.0 Å². The highest BCUT2D eigenvalue weighted by atomic mass is 79.9. The predicted octanol–water partition coefficient (Wildman–Crippen LogP) is 4.61. The van der Waals surface area contributed by atoms with Crippen LogP contribution in [0.3, 0.4) is 0 Å². The van der Waals surface area contributed by atoms with E-state index >= 15 is 0 Å². The van der Waals surface area contributed by atoms with Crippen LogP contribution in [0.1, 0.15) is 31.3 Å². The first-order valence-electron chi connectivity index (χ1n) is 7.95. The lowest BCUT2D eigenvalue weighted by Crippen LogP contribution is -2.41. The summed E-state index contributed by atoms with van der Waals surface area (Å²) in [5.74, 6) is -0.386. The van der Waals surface area contributed by atoms with E-state index in [4.69, 9.17) is 9.16 Å². The average molecular weight is 413 g/mol. The van der Waals surface area contributed by atoms with Crippen LogP contribution in [0.15, 0.2) is 22.7 Å². The van der Waals surface area contributed by atoms with Gasteiger partial charge >= 0.3 is 5.97 Å². The van der Waals surface area contributed by atoms with E-state index in [2.05, 4.69) is 54.9 Å². The molecule has 132 valence electrons. The van der Waals surface area contributed by atoms with Crippen molar-refractivity contribution >= 4 is 41.1 Å². The summed E-state index contributed by atoms with van der Waals surface area (Å²) in [5.41, 5.74) is 1.23. The second kappa shape index (κ2) is 6.97. The zero-order valence-corrected chi connectivity index (χ0v) is 17.7. The second-order valence-corrected chi connectivity index (χ2v) is 13.1. The van der Waals surface area contributed by atoms with E-state index < -0.39 is 8.32 Å². The molecule has 0 radical (unpaired) electrons. The van der Waals surface area contributed by atoms with E-state index in [1.165, 1.54) is 7.11 Å². The fraction of sp³-hybridized carbons (Fsp3) is 0.529. The minimum Gasteiger partial charge on any atom is -0.464 e. The van der Waals surface area contributed by atoms with Gasteiger partial charge in [0.25, 0.3) is 0 Å². The second-order valence-electron chi connectivity index (χ2n) is 7.33. The van der Waals surface area contributed by atoms with Gasteiger partial charge in [0.15, 0.2) is 14.0 Å². The largest absolute Gasteiger partial charge is 0.464 e. The molecule has 2 aromatic rings. The fourth-order valence-electron chi connectivity index (χ4n) is 2.18. The third-order valence-corrected chi connectivity index (χ3v) is 9.68. The van der Waals surface area contributed by atoms with E-state index in [1.54, 1.807) is 4.68 Å². The molecule has 0 bridgehead atoms. The highest BCUT2D eigenvalue weighted by Gasteiger charge is 2.37. The monoisotopic (exact) mass is 412 g/mol. The first kappa shape index (κ1) is 19.1. The summed E-state index contributed by atoms with van der Waals surface area (Å²) in [6.45, 7) is 12.1. The Bertz CT molecular complexity index is 750. The SMILES string of the molecule is COC(=O)c1c2cc(Br)ccc2nn1CCO[Si](C)(C)C(C)(C)C. The molecule has 0 N–H and O–H groups in total. The zero-order valence-electron chi connectivity index (χ0n) is 15.1. The van der Waals surface area contributed by atoms with Crippen molar-refractivity contribution in [3.05, 3.63) is 28.4 Å². The van der Waals surface area contributed by atoms with Crippen LogP contribution in [0.2, 0.25) is 18.1 Å². The Hall–Kier alpha value is -1.18. The molecule has 1 aromatic carbocycles. The predicted molar refractivity (Wildman–Crippen MR) is 102 cm³/mol. The number of nitrogens with zero attached hydrogens (tertiary/aromatic N) is 2. The molecule has 0 aliphatic heterocycles. The molecule has 0 atom stereocenters. The topological polar surface area (TPSA) is 53.3 Å². The average Bonchev–Trinajstić information content (AvgIpc) is 2.82. The lowest BCUT2D eigenvalue weighted by molar-refractivity contribution is 0.0587. The van der Waals surface area contributed by atoms with Gasteiger partial charge in [-0.25, -0.2) is 4.79 Å². The maximum atomic E-state index is 12.2. The van der Waals surface area contributed by atoms with Crippen LogP contribution in [-0.4, -0.2) is 37.8 Å². The standard InChI is InChI=1S/C17H25BrN2O3Si/c1-17(2,3)24(5,6)23-10-9-20-15(16(21)22-4)13-11-12(18)7-8-14(13)19-20/h7-8,11H,9-10H2,1-6H3. The molecule has 1 aromatic heterocycles. The van der Waals surface area contributed by atoms with Crippen LogP contribution in [-0.2, 0) is 15.7 Å². The van der Waals surface area contributed by atoms with Crippen molar-refractivity contribution in [3.8, 4) is 0 Å². The van der Waals surface area contributed by atoms with Gasteiger partial charge in [-0.1, -0.05) is 36.7 Å².